The first-order valence-corrected chi connectivity index (χ1v) is 6.07. The highest BCUT2D eigenvalue weighted by atomic mass is 16.6. The van der Waals surface area contributed by atoms with E-state index in [9.17, 15) is 14.7 Å². The minimum absolute atomic E-state index is 0.201. The fourth-order valence-electron chi connectivity index (χ4n) is 1.59. The number of nitrogens with one attached hydrogen (secondary N) is 2. The van der Waals surface area contributed by atoms with Crippen molar-refractivity contribution in [3.8, 4) is 0 Å². The smallest absolute Gasteiger partial charge is 0.407 e. The second-order valence-electron chi connectivity index (χ2n) is 5.32. The van der Waals surface area contributed by atoms with Crippen LogP contribution in [0.4, 0.5) is 4.79 Å². The minimum atomic E-state index is -1.18. The summed E-state index contributed by atoms with van der Waals surface area (Å²) in [5, 5.41) is 14.6. The van der Waals surface area contributed by atoms with Gasteiger partial charge in [-0.2, -0.15) is 0 Å². The second kappa shape index (κ2) is 5.77. The lowest BCUT2D eigenvalue weighted by molar-refractivity contribution is -0.142. The molecule has 6 heteroatoms. The van der Waals surface area contributed by atoms with Gasteiger partial charge in [-0.25, -0.2) is 9.59 Å². The first-order chi connectivity index (χ1) is 8.75. The van der Waals surface area contributed by atoms with Gasteiger partial charge in [0.2, 0.25) is 0 Å². The number of carboxylic acids is 1. The summed E-state index contributed by atoms with van der Waals surface area (Å²) in [6, 6.07) is 0. The summed E-state index contributed by atoms with van der Waals surface area (Å²) < 4.78 is 5.07. The van der Waals surface area contributed by atoms with Crippen LogP contribution in [0.3, 0.4) is 0 Å². The van der Waals surface area contributed by atoms with E-state index < -0.39 is 23.2 Å². The molecule has 0 aromatic rings. The van der Waals surface area contributed by atoms with Gasteiger partial charge in [0.05, 0.1) is 0 Å². The number of aliphatic carboxylic acids is 1. The van der Waals surface area contributed by atoms with Crippen LogP contribution in [-0.4, -0.2) is 34.9 Å². The van der Waals surface area contributed by atoms with E-state index in [-0.39, 0.29) is 13.0 Å². The van der Waals surface area contributed by atoms with E-state index in [2.05, 4.69) is 10.6 Å². The molecule has 1 atom stereocenters. The van der Waals surface area contributed by atoms with Crippen molar-refractivity contribution in [2.24, 2.45) is 0 Å². The number of allylic oxidation sites excluding steroid dienone is 2. The van der Waals surface area contributed by atoms with E-state index in [0.717, 1.165) is 0 Å². The standard InChI is InChI=1S/C13H20N2O4/c1-12(2,3)19-11(18)14-9-7-13(10(16)17)6-4-5-8-15-13/h4-6,8,15H,7,9H2,1-3H3,(H,14,18)(H,16,17). The van der Waals surface area contributed by atoms with Crippen LogP contribution in [0.25, 0.3) is 0 Å². The summed E-state index contributed by atoms with van der Waals surface area (Å²) in [5.74, 6) is -0.987. The van der Waals surface area contributed by atoms with Gasteiger partial charge in [0.25, 0.3) is 0 Å². The molecule has 0 saturated heterocycles. The highest BCUT2D eigenvalue weighted by Crippen LogP contribution is 2.16. The zero-order chi connectivity index (χ0) is 14.5. The molecule has 0 spiro atoms. The number of alkyl carbamates (subject to hydrolysis) is 1. The summed E-state index contributed by atoms with van der Waals surface area (Å²) in [6.45, 7) is 5.50. The number of carboxylic acid groups (broad SMARTS) is 1. The lowest BCUT2D eigenvalue weighted by Crippen LogP contribution is -2.51. The maximum atomic E-state index is 11.4. The maximum absolute atomic E-state index is 11.4. The molecule has 0 saturated carbocycles. The molecule has 0 radical (unpaired) electrons. The van der Waals surface area contributed by atoms with E-state index in [0.29, 0.717) is 0 Å². The highest BCUT2D eigenvalue weighted by molar-refractivity contribution is 5.82. The number of dihydropyridines is 1. The Morgan fingerprint density at radius 2 is 2.05 bits per heavy atom. The van der Waals surface area contributed by atoms with E-state index >= 15 is 0 Å². The predicted octanol–water partition coefficient (Wildman–Crippen LogP) is 1.40. The molecule has 3 N–H and O–H groups in total. The summed E-state index contributed by atoms with van der Waals surface area (Å²) in [7, 11) is 0. The first kappa shape index (κ1) is 15.1. The fraction of sp³-hybridized carbons (Fsp3) is 0.538. The van der Waals surface area contributed by atoms with Crippen LogP contribution in [0.5, 0.6) is 0 Å². The van der Waals surface area contributed by atoms with Crippen molar-refractivity contribution in [2.45, 2.75) is 38.3 Å². The number of amides is 1. The van der Waals surface area contributed by atoms with Crippen LogP contribution in [-0.2, 0) is 9.53 Å². The monoisotopic (exact) mass is 268 g/mol. The van der Waals surface area contributed by atoms with E-state index in [1.165, 1.54) is 0 Å². The van der Waals surface area contributed by atoms with Crippen LogP contribution in [0.15, 0.2) is 24.4 Å². The third-order valence-electron chi connectivity index (χ3n) is 2.50. The molecule has 1 unspecified atom stereocenters. The normalized spacial score (nSPS) is 21.6. The number of ether oxygens (including phenoxy) is 1. The Morgan fingerprint density at radius 1 is 1.37 bits per heavy atom. The Bertz CT molecular complexity index is 409. The van der Waals surface area contributed by atoms with E-state index in [4.69, 9.17) is 4.74 Å². The van der Waals surface area contributed by atoms with Crippen molar-refractivity contribution < 1.29 is 19.4 Å². The Kier molecular flexibility index (Phi) is 4.58. The minimum Gasteiger partial charge on any atom is -0.479 e. The van der Waals surface area contributed by atoms with E-state index in [1.807, 2.05) is 0 Å². The van der Waals surface area contributed by atoms with Crippen molar-refractivity contribution >= 4 is 12.1 Å². The number of carbonyl (C=O) groups is 2. The first-order valence-electron chi connectivity index (χ1n) is 6.07. The van der Waals surface area contributed by atoms with Gasteiger partial charge in [0.1, 0.15) is 5.60 Å². The molecule has 0 aliphatic carbocycles. The second-order valence-corrected chi connectivity index (χ2v) is 5.32. The Labute approximate surface area is 112 Å². The molecule has 0 fully saturated rings. The molecule has 1 rings (SSSR count). The van der Waals surface area contributed by atoms with Crippen LogP contribution in [0.1, 0.15) is 27.2 Å². The van der Waals surface area contributed by atoms with Crippen molar-refractivity contribution in [3.05, 3.63) is 24.4 Å². The van der Waals surface area contributed by atoms with Gasteiger partial charge < -0.3 is 20.5 Å². The molecule has 106 valence electrons. The predicted molar refractivity (Wildman–Crippen MR) is 70.6 cm³/mol. The highest BCUT2D eigenvalue weighted by Gasteiger charge is 2.35. The average Bonchev–Trinajstić information content (AvgIpc) is 2.27. The summed E-state index contributed by atoms with van der Waals surface area (Å²) in [5.41, 5.74) is -1.75. The SMILES string of the molecule is CC(C)(C)OC(=O)NCCC1(C(=O)O)C=CC=CN1. The lowest BCUT2D eigenvalue weighted by Gasteiger charge is -2.28. The van der Waals surface area contributed by atoms with Crippen molar-refractivity contribution in [2.75, 3.05) is 6.54 Å². The van der Waals surface area contributed by atoms with Gasteiger partial charge in [0.15, 0.2) is 5.54 Å². The quantitative estimate of drug-likeness (QED) is 0.717. The molecule has 0 aromatic carbocycles. The van der Waals surface area contributed by atoms with Crippen LogP contribution >= 0.6 is 0 Å². The zero-order valence-corrected chi connectivity index (χ0v) is 11.4. The summed E-state index contributed by atoms with van der Waals surface area (Å²) >= 11 is 0. The zero-order valence-electron chi connectivity index (χ0n) is 11.4. The van der Waals surface area contributed by atoms with Crippen LogP contribution in [0.2, 0.25) is 0 Å². The van der Waals surface area contributed by atoms with Crippen molar-refractivity contribution in [1.82, 2.24) is 10.6 Å². The van der Waals surface area contributed by atoms with E-state index in [1.54, 1.807) is 45.2 Å². The third kappa shape index (κ3) is 4.65. The summed E-state index contributed by atoms with van der Waals surface area (Å²) in [4.78, 5) is 22.7. The molecule has 19 heavy (non-hydrogen) atoms. The van der Waals surface area contributed by atoms with Crippen molar-refractivity contribution in [1.29, 1.82) is 0 Å². The van der Waals surface area contributed by atoms with Crippen molar-refractivity contribution in [3.63, 3.8) is 0 Å². The average molecular weight is 268 g/mol. The molecule has 1 aliphatic heterocycles. The maximum Gasteiger partial charge on any atom is 0.407 e. The Hall–Kier alpha value is -1.98. The number of hydrogen-bond donors (Lipinski definition) is 3. The van der Waals surface area contributed by atoms with Gasteiger partial charge >= 0.3 is 12.1 Å². The fourth-order valence-corrected chi connectivity index (χ4v) is 1.59. The third-order valence-corrected chi connectivity index (χ3v) is 2.50. The largest absolute Gasteiger partial charge is 0.479 e. The molecular formula is C13H20N2O4. The van der Waals surface area contributed by atoms with Gasteiger partial charge in [-0.05, 0) is 39.1 Å². The molecular weight excluding hydrogens is 248 g/mol. The van der Waals surface area contributed by atoms with Crippen LogP contribution in [0, 0.1) is 0 Å². The Balaban J connectivity index is 2.47. The van der Waals surface area contributed by atoms with Gasteiger partial charge in [-0.1, -0.05) is 6.08 Å². The van der Waals surface area contributed by atoms with Gasteiger partial charge in [-0.15, -0.1) is 0 Å². The molecule has 1 amide bonds. The summed E-state index contributed by atoms with van der Waals surface area (Å²) in [6.07, 6.45) is 6.18. The lowest BCUT2D eigenvalue weighted by atomic mass is 9.93. The van der Waals surface area contributed by atoms with Gasteiger partial charge in [0, 0.05) is 13.0 Å². The molecule has 6 nitrogen and oxygen atoms in total. The Morgan fingerprint density at radius 3 is 2.53 bits per heavy atom. The number of hydrogen-bond acceptors (Lipinski definition) is 4. The number of rotatable bonds is 4. The van der Waals surface area contributed by atoms with Gasteiger partial charge in [-0.3, -0.25) is 0 Å². The topological polar surface area (TPSA) is 87.7 Å². The number of carbonyl (C=O) groups excluding carboxylic acids is 1. The molecule has 1 aliphatic rings. The molecule has 1 heterocycles. The van der Waals surface area contributed by atoms with Crippen LogP contribution < -0.4 is 10.6 Å². The molecule has 0 aromatic heterocycles. The molecule has 0 bridgehead atoms.